The maximum atomic E-state index is 6.06. The van der Waals surface area contributed by atoms with Crippen molar-refractivity contribution in [1.29, 1.82) is 0 Å². The zero-order valence-corrected chi connectivity index (χ0v) is 12.7. The van der Waals surface area contributed by atoms with Crippen LogP contribution in [-0.4, -0.2) is 33.8 Å². The van der Waals surface area contributed by atoms with Crippen LogP contribution in [0.5, 0.6) is 0 Å². The Morgan fingerprint density at radius 3 is 2.86 bits per heavy atom. The van der Waals surface area contributed by atoms with Gasteiger partial charge < -0.3 is 5.73 Å². The lowest BCUT2D eigenvalue weighted by Crippen LogP contribution is -2.42. The molecule has 2 aromatic rings. The third-order valence-corrected chi connectivity index (χ3v) is 4.34. The van der Waals surface area contributed by atoms with Gasteiger partial charge in [0.2, 0.25) is 0 Å². The van der Waals surface area contributed by atoms with Crippen molar-refractivity contribution in [3.05, 3.63) is 48.3 Å². The molecular weight excluding hydrogens is 260 g/mol. The number of benzene rings is 1. The van der Waals surface area contributed by atoms with E-state index in [4.69, 9.17) is 5.73 Å². The number of nitrogens with zero attached hydrogens (tertiary/aromatic N) is 3. The molecule has 0 spiro atoms. The fourth-order valence-electron chi connectivity index (χ4n) is 3.06. The summed E-state index contributed by atoms with van der Waals surface area (Å²) in [6.07, 6.45) is 4.54. The molecule has 2 N–H and O–H groups in total. The summed E-state index contributed by atoms with van der Waals surface area (Å²) in [5.74, 6) is 0.620. The SMILES string of the molecule is CC(N)C1CCCN(Cc2ccn(-c3ccccc3)n2)C1. The van der Waals surface area contributed by atoms with Crippen molar-refractivity contribution in [1.82, 2.24) is 14.7 Å². The molecule has 1 fully saturated rings. The second-order valence-corrected chi connectivity index (χ2v) is 6.08. The number of piperidine rings is 1. The van der Waals surface area contributed by atoms with Gasteiger partial charge >= 0.3 is 0 Å². The lowest BCUT2D eigenvalue weighted by atomic mass is 9.92. The average Bonchev–Trinajstić information content (AvgIpc) is 2.97. The van der Waals surface area contributed by atoms with E-state index >= 15 is 0 Å². The highest BCUT2D eigenvalue weighted by Crippen LogP contribution is 2.20. The van der Waals surface area contributed by atoms with Gasteiger partial charge in [-0.1, -0.05) is 18.2 Å². The minimum atomic E-state index is 0.287. The van der Waals surface area contributed by atoms with E-state index in [1.165, 1.54) is 12.8 Å². The average molecular weight is 284 g/mol. The molecule has 4 heteroatoms. The molecule has 112 valence electrons. The van der Waals surface area contributed by atoms with Crippen molar-refractivity contribution >= 4 is 0 Å². The molecule has 1 aromatic carbocycles. The number of hydrogen-bond acceptors (Lipinski definition) is 3. The molecule has 1 aliphatic rings. The van der Waals surface area contributed by atoms with E-state index in [9.17, 15) is 0 Å². The van der Waals surface area contributed by atoms with Gasteiger partial charge in [-0.15, -0.1) is 0 Å². The summed E-state index contributed by atoms with van der Waals surface area (Å²) in [5, 5.41) is 4.69. The molecule has 0 bridgehead atoms. The van der Waals surface area contributed by atoms with Crippen LogP contribution in [0.4, 0.5) is 0 Å². The van der Waals surface area contributed by atoms with Crippen LogP contribution in [0.15, 0.2) is 42.6 Å². The monoisotopic (exact) mass is 284 g/mol. The summed E-state index contributed by atoms with van der Waals surface area (Å²) in [5.41, 5.74) is 8.29. The summed E-state index contributed by atoms with van der Waals surface area (Å²) in [4.78, 5) is 2.48. The van der Waals surface area contributed by atoms with Crippen LogP contribution >= 0.6 is 0 Å². The van der Waals surface area contributed by atoms with Crippen molar-refractivity contribution in [2.24, 2.45) is 11.7 Å². The third-order valence-electron chi connectivity index (χ3n) is 4.34. The predicted octanol–water partition coefficient (Wildman–Crippen LogP) is 2.43. The molecule has 4 nitrogen and oxygen atoms in total. The molecule has 0 saturated carbocycles. The number of hydrogen-bond donors (Lipinski definition) is 1. The highest BCUT2D eigenvalue weighted by molar-refractivity contribution is 5.30. The number of nitrogens with two attached hydrogens (primary N) is 1. The maximum absolute atomic E-state index is 6.06. The number of aromatic nitrogens is 2. The van der Waals surface area contributed by atoms with Gasteiger partial charge in [0.15, 0.2) is 0 Å². The van der Waals surface area contributed by atoms with Crippen molar-refractivity contribution in [2.75, 3.05) is 13.1 Å². The molecule has 1 saturated heterocycles. The van der Waals surface area contributed by atoms with Crippen LogP contribution in [-0.2, 0) is 6.54 Å². The minimum absolute atomic E-state index is 0.287. The van der Waals surface area contributed by atoms with E-state index in [0.29, 0.717) is 5.92 Å². The molecule has 0 amide bonds. The molecule has 0 radical (unpaired) electrons. The minimum Gasteiger partial charge on any atom is -0.328 e. The Kier molecular flexibility index (Phi) is 4.36. The van der Waals surface area contributed by atoms with Gasteiger partial charge in [-0.05, 0) is 50.4 Å². The van der Waals surface area contributed by atoms with E-state index in [1.807, 2.05) is 29.1 Å². The van der Waals surface area contributed by atoms with Crippen LogP contribution < -0.4 is 5.73 Å². The van der Waals surface area contributed by atoms with Crippen LogP contribution in [0.2, 0.25) is 0 Å². The zero-order valence-electron chi connectivity index (χ0n) is 12.7. The van der Waals surface area contributed by atoms with Gasteiger partial charge in [-0.25, -0.2) is 4.68 Å². The molecule has 1 aliphatic heterocycles. The third kappa shape index (κ3) is 3.52. The van der Waals surface area contributed by atoms with Crippen molar-refractivity contribution in [2.45, 2.75) is 32.4 Å². The van der Waals surface area contributed by atoms with Gasteiger partial charge in [0.25, 0.3) is 0 Å². The van der Waals surface area contributed by atoms with Crippen molar-refractivity contribution in [3.63, 3.8) is 0 Å². The summed E-state index contributed by atoms with van der Waals surface area (Å²) < 4.78 is 1.95. The summed E-state index contributed by atoms with van der Waals surface area (Å²) in [6, 6.07) is 12.6. The molecule has 2 unspecified atom stereocenters. The maximum Gasteiger partial charge on any atom is 0.0769 e. The second-order valence-electron chi connectivity index (χ2n) is 6.08. The Morgan fingerprint density at radius 2 is 2.10 bits per heavy atom. The molecule has 0 aliphatic carbocycles. The Bertz CT molecular complexity index is 561. The Hall–Kier alpha value is -1.65. The van der Waals surface area contributed by atoms with Gasteiger partial charge in [0.1, 0.15) is 0 Å². The summed E-state index contributed by atoms with van der Waals surface area (Å²) >= 11 is 0. The molecule has 21 heavy (non-hydrogen) atoms. The standard InChI is InChI=1S/C17H24N4/c1-14(18)15-6-5-10-20(12-15)13-16-9-11-21(19-16)17-7-3-2-4-8-17/h2-4,7-9,11,14-15H,5-6,10,12-13,18H2,1H3. The van der Waals surface area contributed by atoms with Crippen molar-refractivity contribution in [3.8, 4) is 5.69 Å². The molecule has 2 atom stereocenters. The fraction of sp³-hybridized carbons (Fsp3) is 0.471. The van der Waals surface area contributed by atoms with E-state index in [1.54, 1.807) is 0 Å². The highest BCUT2D eigenvalue weighted by atomic mass is 15.3. The smallest absolute Gasteiger partial charge is 0.0769 e. The number of likely N-dealkylation sites (tertiary alicyclic amines) is 1. The second kappa shape index (κ2) is 6.41. The normalized spacial score (nSPS) is 21.3. The lowest BCUT2D eigenvalue weighted by Gasteiger charge is -2.34. The molecule has 3 rings (SSSR count). The Morgan fingerprint density at radius 1 is 1.29 bits per heavy atom. The summed E-state index contributed by atoms with van der Waals surface area (Å²) in [6.45, 7) is 5.29. The highest BCUT2D eigenvalue weighted by Gasteiger charge is 2.23. The predicted molar refractivity (Wildman–Crippen MR) is 85.2 cm³/mol. The van der Waals surface area contributed by atoms with Crippen LogP contribution in [0.1, 0.15) is 25.5 Å². The zero-order chi connectivity index (χ0) is 14.7. The number of rotatable bonds is 4. The molecule has 1 aromatic heterocycles. The fourth-order valence-corrected chi connectivity index (χ4v) is 3.06. The summed E-state index contributed by atoms with van der Waals surface area (Å²) in [7, 11) is 0. The van der Waals surface area contributed by atoms with E-state index in [2.05, 4.69) is 35.1 Å². The van der Waals surface area contributed by atoms with Gasteiger partial charge in [-0.2, -0.15) is 5.10 Å². The lowest BCUT2D eigenvalue weighted by molar-refractivity contribution is 0.152. The molecule has 2 heterocycles. The first-order valence-electron chi connectivity index (χ1n) is 7.80. The van der Waals surface area contributed by atoms with Gasteiger partial charge in [0.05, 0.1) is 11.4 Å². The molecular formula is C17H24N4. The van der Waals surface area contributed by atoms with Crippen LogP contribution in [0.3, 0.4) is 0 Å². The van der Waals surface area contributed by atoms with Crippen molar-refractivity contribution < 1.29 is 0 Å². The first-order chi connectivity index (χ1) is 10.2. The first-order valence-corrected chi connectivity index (χ1v) is 7.80. The quantitative estimate of drug-likeness (QED) is 0.938. The first kappa shape index (κ1) is 14.3. The van der Waals surface area contributed by atoms with E-state index in [0.717, 1.165) is 31.0 Å². The Balaban J connectivity index is 1.65. The van der Waals surface area contributed by atoms with Crippen LogP contribution in [0, 0.1) is 5.92 Å². The van der Waals surface area contributed by atoms with Gasteiger partial charge in [-0.3, -0.25) is 4.90 Å². The number of para-hydroxylation sites is 1. The largest absolute Gasteiger partial charge is 0.328 e. The van der Waals surface area contributed by atoms with E-state index < -0.39 is 0 Å². The van der Waals surface area contributed by atoms with Crippen LogP contribution in [0.25, 0.3) is 5.69 Å². The van der Waals surface area contributed by atoms with Gasteiger partial charge in [0, 0.05) is 25.3 Å². The topological polar surface area (TPSA) is 47.1 Å². The Labute approximate surface area is 126 Å². The van der Waals surface area contributed by atoms with E-state index in [-0.39, 0.29) is 6.04 Å².